The number of hydrogen-bond donors (Lipinski definition) is 0. The number of hydrogen-bond acceptors (Lipinski definition) is 3. The van der Waals surface area contributed by atoms with Crippen LogP contribution in [0.15, 0.2) is 53.5 Å². The van der Waals surface area contributed by atoms with E-state index in [0.717, 1.165) is 28.6 Å². The maximum atomic E-state index is 12.5. The van der Waals surface area contributed by atoms with Crippen LogP contribution in [0, 0.1) is 13.8 Å². The van der Waals surface area contributed by atoms with Crippen LogP contribution in [0.2, 0.25) is 0 Å². The molecule has 0 unspecified atom stereocenters. The monoisotopic (exact) mass is 354 g/mol. The number of nitrogens with zero attached hydrogens (tertiary/aromatic N) is 2. The van der Waals surface area contributed by atoms with Gasteiger partial charge in [-0.25, -0.2) is 0 Å². The van der Waals surface area contributed by atoms with Gasteiger partial charge in [0, 0.05) is 30.0 Å². The van der Waals surface area contributed by atoms with E-state index in [1.807, 2.05) is 19.1 Å². The van der Waals surface area contributed by atoms with Crippen LogP contribution in [0.25, 0.3) is 0 Å². The molecule has 1 aromatic heterocycles. The molecule has 0 aliphatic rings. The normalized spacial score (nSPS) is 10.7. The average molecular weight is 355 g/mol. The van der Waals surface area contributed by atoms with Gasteiger partial charge < -0.3 is 4.57 Å². The summed E-state index contributed by atoms with van der Waals surface area (Å²) >= 11 is 1.54. The molecule has 0 saturated heterocycles. The van der Waals surface area contributed by atoms with Crippen molar-refractivity contribution in [2.45, 2.75) is 45.3 Å². The molecule has 25 heavy (non-hydrogen) atoms. The summed E-state index contributed by atoms with van der Waals surface area (Å²) in [7, 11) is 0. The third kappa shape index (κ3) is 4.73. The highest BCUT2D eigenvalue weighted by molar-refractivity contribution is 7.99. The van der Waals surface area contributed by atoms with Crippen molar-refractivity contribution in [1.29, 1.82) is 0 Å². The molecule has 4 heteroatoms. The van der Waals surface area contributed by atoms with E-state index in [4.69, 9.17) is 0 Å². The predicted molar refractivity (Wildman–Crippen MR) is 108 cm³/mol. The highest BCUT2D eigenvalue weighted by Gasteiger charge is 2.16. The van der Waals surface area contributed by atoms with E-state index in [1.54, 1.807) is 0 Å². The van der Waals surface area contributed by atoms with Gasteiger partial charge in [-0.05, 0) is 25.8 Å². The second kappa shape index (κ2) is 8.86. The summed E-state index contributed by atoms with van der Waals surface area (Å²) in [6.45, 7) is 14.5. The Morgan fingerprint density at radius 1 is 1.16 bits per heavy atom. The van der Waals surface area contributed by atoms with Crippen LogP contribution < -0.4 is 5.56 Å². The Morgan fingerprint density at radius 2 is 1.84 bits per heavy atom. The van der Waals surface area contributed by atoms with Crippen LogP contribution in [-0.2, 0) is 19.4 Å². The fraction of sp³-hybridized carbons (Fsp3) is 0.333. The van der Waals surface area contributed by atoms with E-state index in [9.17, 15) is 4.79 Å². The quantitative estimate of drug-likeness (QED) is 0.398. The Labute approximate surface area is 154 Å². The Bertz CT molecular complexity index is 816. The second-order valence-electron chi connectivity index (χ2n) is 6.15. The van der Waals surface area contributed by atoms with Gasteiger partial charge >= 0.3 is 0 Å². The maximum absolute atomic E-state index is 12.5. The first-order chi connectivity index (χ1) is 12.0. The van der Waals surface area contributed by atoms with Crippen molar-refractivity contribution in [2.24, 2.45) is 0 Å². The molecule has 0 N–H and O–H groups in total. The summed E-state index contributed by atoms with van der Waals surface area (Å²) in [6, 6.07) is 6.54. The van der Waals surface area contributed by atoms with Gasteiger partial charge in [-0.2, -0.15) is 4.98 Å². The van der Waals surface area contributed by atoms with Crippen molar-refractivity contribution >= 4 is 11.8 Å². The lowest BCUT2D eigenvalue weighted by atomic mass is 10.0. The Morgan fingerprint density at radius 3 is 2.40 bits per heavy atom. The average Bonchev–Trinajstić information content (AvgIpc) is 2.55. The smallest absolute Gasteiger partial charge is 0.277 e. The highest BCUT2D eigenvalue weighted by atomic mass is 32.2. The van der Waals surface area contributed by atoms with Gasteiger partial charge in [0.25, 0.3) is 5.56 Å². The Kier molecular flexibility index (Phi) is 6.82. The first-order valence-electron chi connectivity index (χ1n) is 8.54. The van der Waals surface area contributed by atoms with Gasteiger partial charge in [-0.1, -0.05) is 60.2 Å². The second-order valence-corrected chi connectivity index (χ2v) is 7.14. The molecule has 1 aromatic carbocycles. The Hall–Kier alpha value is -2.07. The largest absolute Gasteiger partial charge is 0.320 e. The molecular weight excluding hydrogens is 328 g/mol. The maximum Gasteiger partial charge on any atom is 0.277 e. The van der Waals surface area contributed by atoms with E-state index < -0.39 is 0 Å². The SMILES string of the molecule is C=CCSc1nc(=O)c(CC)c(Cc2cc(C)cc(C)c2)n1CC=C. The minimum absolute atomic E-state index is 0.117. The van der Waals surface area contributed by atoms with Crippen LogP contribution in [-0.4, -0.2) is 15.3 Å². The number of benzene rings is 1. The molecule has 0 atom stereocenters. The fourth-order valence-electron chi connectivity index (χ4n) is 3.10. The molecule has 2 aromatic rings. The lowest BCUT2D eigenvalue weighted by molar-refractivity contribution is 0.626. The molecule has 0 fully saturated rings. The summed E-state index contributed by atoms with van der Waals surface area (Å²) in [6.07, 6.45) is 5.08. The predicted octanol–water partition coefficient (Wildman–Crippen LogP) is 4.48. The number of aryl methyl sites for hydroxylation is 2. The zero-order valence-corrected chi connectivity index (χ0v) is 16.2. The van der Waals surface area contributed by atoms with Crippen LogP contribution in [0.1, 0.15) is 34.9 Å². The first kappa shape index (κ1) is 19.3. The minimum Gasteiger partial charge on any atom is -0.320 e. The molecule has 0 bridgehead atoms. The van der Waals surface area contributed by atoms with Crippen molar-refractivity contribution in [3.63, 3.8) is 0 Å². The van der Waals surface area contributed by atoms with Gasteiger partial charge in [-0.3, -0.25) is 4.79 Å². The summed E-state index contributed by atoms with van der Waals surface area (Å²) in [5.74, 6) is 0.720. The third-order valence-electron chi connectivity index (χ3n) is 4.01. The molecular formula is C21H26N2OS. The summed E-state index contributed by atoms with van der Waals surface area (Å²) in [5.41, 5.74) is 5.41. The van der Waals surface area contributed by atoms with Crippen molar-refractivity contribution in [3.8, 4) is 0 Å². The lowest BCUT2D eigenvalue weighted by Gasteiger charge is -2.19. The molecule has 0 aliphatic carbocycles. The van der Waals surface area contributed by atoms with Crippen LogP contribution >= 0.6 is 11.8 Å². The van der Waals surface area contributed by atoms with E-state index >= 15 is 0 Å². The summed E-state index contributed by atoms with van der Waals surface area (Å²) in [4.78, 5) is 16.9. The molecule has 3 nitrogen and oxygen atoms in total. The van der Waals surface area contributed by atoms with E-state index in [2.05, 4.69) is 54.8 Å². The Balaban J connectivity index is 2.62. The molecule has 0 radical (unpaired) electrons. The van der Waals surface area contributed by atoms with Crippen molar-refractivity contribution in [1.82, 2.24) is 9.55 Å². The standard InChI is InChI=1S/C21H26N2OS/c1-6-9-23-19(14-17-12-15(4)11-16(5)13-17)18(8-3)20(24)22-21(23)25-10-7-2/h6-7,11-13H,1-2,8-10,14H2,3-5H3. The molecule has 1 heterocycles. The molecule has 0 aliphatic heterocycles. The number of allylic oxidation sites excluding steroid dienone is 1. The summed E-state index contributed by atoms with van der Waals surface area (Å²) < 4.78 is 2.12. The van der Waals surface area contributed by atoms with E-state index in [0.29, 0.717) is 13.0 Å². The van der Waals surface area contributed by atoms with Gasteiger partial charge in [0.15, 0.2) is 5.16 Å². The van der Waals surface area contributed by atoms with Crippen LogP contribution in [0.4, 0.5) is 0 Å². The van der Waals surface area contributed by atoms with Crippen molar-refractivity contribution < 1.29 is 0 Å². The minimum atomic E-state index is -0.117. The molecule has 0 saturated carbocycles. The van der Waals surface area contributed by atoms with Gasteiger partial charge in [0.05, 0.1) is 0 Å². The number of aromatic nitrogens is 2. The third-order valence-corrected chi connectivity index (χ3v) is 4.98. The van der Waals surface area contributed by atoms with Crippen LogP contribution in [0.5, 0.6) is 0 Å². The molecule has 132 valence electrons. The number of thioether (sulfide) groups is 1. The molecule has 0 spiro atoms. The first-order valence-corrected chi connectivity index (χ1v) is 9.53. The van der Waals surface area contributed by atoms with Crippen molar-refractivity contribution in [3.05, 3.63) is 81.8 Å². The topological polar surface area (TPSA) is 34.9 Å². The van der Waals surface area contributed by atoms with Gasteiger partial charge in [0.2, 0.25) is 0 Å². The van der Waals surface area contributed by atoms with E-state index in [1.165, 1.54) is 28.5 Å². The molecule has 0 amide bonds. The van der Waals surface area contributed by atoms with Gasteiger partial charge in [-0.15, -0.1) is 13.2 Å². The highest BCUT2D eigenvalue weighted by Crippen LogP contribution is 2.22. The fourth-order valence-corrected chi connectivity index (χ4v) is 3.85. The summed E-state index contributed by atoms with van der Waals surface area (Å²) in [5, 5.41) is 0.737. The zero-order valence-electron chi connectivity index (χ0n) is 15.3. The van der Waals surface area contributed by atoms with Crippen LogP contribution in [0.3, 0.4) is 0 Å². The van der Waals surface area contributed by atoms with Gasteiger partial charge in [0.1, 0.15) is 0 Å². The number of rotatable bonds is 8. The van der Waals surface area contributed by atoms with Crippen molar-refractivity contribution in [2.75, 3.05) is 5.75 Å². The van der Waals surface area contributed by atoms with E-state index in [-0.39, 0.29) is 5.56 Å². The molecule has 2 rings (SSSR count). The lowest BCUT2D eigenvalue weighted by Crippen LogP contribution is -2.24. The zero-order chi connectivity index (χ0) is 18.4.